The lowest BCUT2D eigenvalue weighted by atomic mass is 9.83. The zero-order chi connectivity index (χ0) is 32.1. The molecule has 0 N–H and O–H groups in total. The normalized spacial score (nSPS) is 12.8. The topological polar surface area (TPSA) is 0 Å². The first-order chi connectivity index (χ1) is 22.0. The molecule has 0 unspecified atom stereocenters. The van der Waals surface area contributed by atoms with E-state index in [2.05, 4.69) is 0 Å². The van der Waals surface area contributed by atoms with Gasteiger partial charge < -0.3 is 0 Å². The van der Waals surface area contributed by atoms with Gasteiger partial charge in [0.05, 0.1) is 0 Å². The van der Waals surface area contributed by atoms with Crippen LogP contribution in [-0.4, -0.2) is 6.18 Å². The average Bonchev–Trinajstić information content (AvgIpc) is 3.04. The SMILES string of the molecule is Fc1cc(-c2ccc3ccc4c(-c5c6ccccc6c(C(F)(F)C(F)(F)F)c6ccccc56)ccc5ccc2c3c54)cc(F)c1F. The Labute approximate surface area is 255 Å². The summed E-state index contributed by atoms with van der Waals surface area (Å²) in [5.41, 5.74) is 0.623. The molecule has 0 fully saturated rings. The van der Waals surface area contributed by atoms with E-state index in [4.69, 9.17) is 0 Å². The van der Waals surface area contributed by atoms with Gasteiger partial charge in [-0.15, -0.1) is 0 Å². The van der Waals surface area contributed by atoms with Crippen LogP contribution in [0.25, 0.3) is 76.1 Å². The maximum Gasteiger partial charge on any atom is 0.458 e. The highest BCUT2D eigenvalue weighted by Gasteiger charge is 2.60. The van der Waals surface area contributed by atoms with Crippen molar-refractivity contribution in [1.82, 2.24) is 0 Å². The fourth-order valence-corrected chi connectivity index (χ4v) is 6.88. The van der Waals surface area contributed by atoms with Gasteiger partial charge in [-0.25, -0.2) is 13.2 Å². The third-order valence-corrected chi connectivity index (χ3v) is 8.83. The van der Waals surface area contributed by atoms with E-state index in [0.29, 0.717) is 27.5 Å². The first kappa shape index (κ1) is 28.2. The van der Waals surface area contributed by atoms with Crippen LogP contribution in [0.3, 0.4) is 0 Å². The molecular formula is C38H18F8. The summed E-state index contributed by atoms with van der Waals surface area (Å²) in [7, 11) is 0. The van der Waals surface area contributed by atoms with Crippen LogP contribution in [0, 0.1) is 17.5 Å². The fraction of sp³-hybridized carbons (Fsp3) is 0.0526. The quantitative estimate of drug-likeness (QED) is 0.0792. The van der Waals surface area contributed by atoms with E-state index in [1.54, 1.807) is 36.4 Å². The van der Waals surface area contributed by atoms with Crippen LogP contribution in [0.1, 0.15) is 5.56 Å². The molecule has 0 nitrogen and oxygen atoms in total. The molecule has 0 heterocycles. The highest BCUT2D eigenvalue weighted by molar-refractivity contribution is 6.29. The van der Waals surface area contributed by atoms with Crippen LogP contribution in [0.4, 0.5) is 35.1 Å². The lowest BCUT2D eigenvalue weighted by Gasteiger charge is -2.25. The molecule has 8 heteroatoms. The minimum Gasteiger partial charge on any atom is -0.204 e. The Hall–Kier alpha value is -5.24. The van der Waals surface area contributed by atoms with Gasteiger partial charge >= 0.3 is 12.1 Å². The highest BCUT2D eigenvalue weighted by atomic mass is 19.4. The third kappa shape index (κ3) is 3.85. The third-order valence-electron chi connectivity index (χ3n) is 8.83. The Morgan fingerprint density at radius 3 is 1.37 bits per heavy atom. The summed E-state index contributed by atoms with van der Waals surface area (Å²) in [5.74, 6) is -9.32. The minimum absolute atomic E-state index is 0.146. The van der Waals surface area contributed by atoms with Crippen molar-refractivity contribution in [3.63, 3.8) is 0 Å². The van der Waals surface area contributed by atoms with E-state index in [1.165, 1.54) is 24.3 Å². The van der Waals surface area contributed by atoms with Crippen LogP contribution in [0.2, 0.25) is 0 Å². The number of halogens is 8. The zero-order valence-corrected chi connectivity index (χ0v) is 23.4. The van der Waals surface area contributed by atoms with Crippen molar-refractivity contribution >= 4 is 53.9 Å². The summed E-state index contributed by atoms with van der Waals surface area (Å²) in [6, 6.07) is 28.1. The summed E-state index contributed by atoms with van der Waals surface area (Å²) in [5, 5.41) is 4.54. The second-order valence-electron chi connectivity index (χ2n) is 11.3. The van der Waals surface area contributed by atoms with Gasteiger partial charge in [-0.2, -0.15) is 22.0 Å². The summed E-state index contributed by atoms with van der Waals surface area (Å²) < 4.78 is 114. The Morgan fingerprint density at radius 1 is 0.435 bits per heavy atom. The van der Waals surface area contributed by atoms with Gasteiger partial charge in [-0.3, -0.25) is 0 Å². The molecule has 8 aromatic rings. The molecule has 0 spiro atoms. The van der Waals surface area contributed by atoms with Gasteiger partial charge in [0.2, 0.25) is 0 Å². The number of benzene rings is 8. The molecular weight excluding hydrogens is 608 g/mol. The highest BCUT2D eigenvalue weighted by Crippen LogP contribution is 2.52. The van der Waals surface area contributed by atoms with Gasteiger partial charge in [0, 0.05) is 5.56 Å². The van der Waals surface area contributed by atoms with Crippen LogP contribution in [-0.2, 0) is 5.92 Å². The second-order valence-corrected chi connectivity index (χ2v) is 11.3. The molecule has 0 radical (unpaired) electrons. The van der Waals surface area contributed by atoms with Crippen LogP contribution in [0.15, 0.2) is 109 Å². The Balaban J connectivity index is 1.50. The predicted molar refractivity (Wildman–Crippen MR) is 166 cm³/mol. The number of fused-ring (bicyclic) bond motifs is 2. The van der Waals surface area contributed by atoms with E-state index in [0.717, 1.165) is 33.7 Å². The predicted octanol–water partition coefficient (Wildman–Crippen LogP) is 12.3. The Morgan fingerprint density at radius 2 is 0.870 bits per heavy atom. The molecule has 0 bridgehead atoms. The maximum atomic E-state index is 15.2. The molecule has 0 amide bonds. The summed E-state index contributed by atoms with van der Waals surface area (Å²) in [6.45, 7) is 0. The Kier molecular flexibility index (Phi) is 5.91. The summed E-state index contributed by atoms with van der Waals surface area (Å²) in [6.07, 6.45) is -5.82. The molecule has 226 valence electrons. The van der Waals surface area contributed by atoms with Gasteiger partial charge in [-0.05, 0) is 88.2 Å². The first-order valence-electron chi connectivity index (χ1n) is 14.2. The van der Waals surface area contributed by atoms with Gasteiger partial charge in [0.15, 0.2) is 17.5 Å². The van der Waals surface area contributed by atoms with Crippen molar-refractivity contribution in [2.75, 3.05) is 0 Å². The van der Waals surface area contributed by atoms with Gasteiger partial charge in [0.25, 0.3) is 0 Å². The van der Waals surface area contributed by atoms with E-state index in [1.807, 2.05) is 36.4 Å². The Bertz CT molecular complexity index is 2450. The summed E-state index contributed by atoms with van der Waals surface area (Å²) in [4.78, 5) is 0. The standard InChI is InChI=1S/C38H18F8/c39-30-17-21(18-31(40)36(30)41)22-13-9-19-11-15-26-27(16-12-20-10-14-25(22)32(19)33(20)26)34-23-5-1-3-7-28(23)35(37(42,43)38(44,45)46)29-8-4-2-6-24(29)34/h1-18H. The van der Waals surface area contributed by atoms with E-state index in [-0.39, 0.29) is 27.1 Å². The largest absolute Gasteiger partial charge is 0.458 e. The molecule has 8 rings (SSSR count). The fourth-order valence-electron chi connectivity index (χ4n) is 6.88. The van der Waals surface area contributed by atoms with Crippen molar-refractivity contribution in [3.05, 3.63) is 132 Å². The van der Waals surface area contributed by atoms with Crippen molar-refractivity contribution in [2.45, 2.75) is 12.1 Å². The van der Waals surface area contributed by atoms with E-state index >= 15 is 8.78 Å². The van der Waals surface area contributed by atoms with Crippen molar-refractivity contribution < 1.29 is 35.1 Å². The molecule has 0 aliphatic carbocycles. The monoisotopic (exact) mass is 626 g/mol. The number of alkyl halides is 5. The van der Waals surface area contributed by atoms with Crippen LogP contribution >= 0.6 is 0 Å². The first-order valence-corrected chi connectivity index (χ1v) is 14.2. The van der Waals surface area contributed by atoms with E-state index in [9.17, 15) is 26.3 Å². The maximum absolute atomic E-state index is 15.2. The van der Waals surface area contributed by atoms with Crippen LogP contribution in [0.5, 0.6) is 0 Å². The van der Waals surface area contributed by atoms with Gasteiger partial charge in [0.1, 0.15) is 0 Å². The van der Waals surface area contributed by atoms with Crippen molar-refractivity contribution in [3.8, 4) is 22.3 Å². The molecule has 0 saturated heterocycles. The number of rotatable bonds is 3. The molecule has 8 aromatic carbocycles. The number of hydrogen-bond donors (Lipinski definition) is 0. The second kappa shape index (κ2) is 9.63. The van der Waals surface area contributed by atoms with Crippen molar-refractivity contribution in [2.24, 2.45) is 0 Å². The number of hydrogen-bond acceptors (Lipinski definition) is 0. The smallest absolute Gasteiger partial charge is 0.204 e. The summed E-state index contributed by atoms with van der Waals surface area (Å²) >= 11 is 0. The lowest BCUT2D eigenvalue weighted by molar-refractivity contribution is -0.288. The van der Waals surface area contributed by atoms with E-state index < -0.39 is 35.1 Å². The van der Waals surface area contributed by atoms with Crippen molar-refractivity contribution in [1.29, 1.82) is 0 Å². The minimum atomic E-state index is -5.82. The van der Waals surface area contributed by atoms with Crippen LogP contribution < -0.4 is 0 Å². The average molecular weight is 627 g/mol. The van der Waals surface area contributed by atoms with Gasteiger partial charge in [-0.1, -0.05) is 97.1 Å². The molecule has 0 aliphatic rings. The zero-order valence-electron chi connectivity index (χ0n) is 23.4. The molecule has 0 saturated carbocycles. The molecule has 0 atom stereocenters. The molecule has 0 aliphatic heterocycles. The molecule has 46 heavy (non-hydrogen) atoms. The molecule has 0 aromatic heterocycles. The lowest BCUT2D eigenvalue weighted by Crippen LogP contribution is -2.34.